The third-order valence-corrected chi connectivity index (χ3v) is 9.93. The van der Waals surface area contributed by atoms with Crippen molar-refractivity contribution in [2.75, 3.05) is 9.03 Å². The van der Waals surface area contributed by atoms with Crippen molar-refractivity contribution in [2.45, 2.75) is 43.3 Å². The molecule has 1 N–H and O–H groups in total. The molecule has 0 aliphatic heterocycles. The molecule has 0 saturated heterocycles. The summed E-state index contributed by atoms with van der Waals surface area (Å²) in [7, 11) is -9.85. The molecule has 4 aromatic carbocycles. The van der Waals surface area contributed by atoms with E-state index in [0.717, 1.165) is 15.4 Å². The van der Waals surface area contributed by atoms with Gasteiger partial charge in [-0.05, 0) is 62.4 Å². The fourth-order valence-electron chi connectivity index (χ4n) is 3.78. The molecule has 0 spiro atoms. The Morgan fingerprint density at radius 2 is 1.14 bits per heavy atom. The van der Waals surface area contributed by atoms with Crippen LogP contribution in [0.1, 0.15) is 22.3 Å². The van der Waals surface area contributed by atoms with Crippen LogP contribution < -0.4 is 9.03 Å². The average molecular weight is 613 g/mol. The number of para-hydroxylation sites is 2. The molecule has 0 unspecified atom stereocenters. The van der Waals surface area contributed by atoms with Crippen molar-refractivity contribution in [1.29, 1.82) is 0 Å². The lowest BCUT2D eigenvalue weighted by atomic mass is 10.1. The van der Waals surface area contributed by atoms with Gasteiger partial charge in [-0.2, -0.15) is 4.31 Å². The summed E-state index contributed by atoms with van der Waals surface area (Å²) in [5, 5.41) is 0. The average Bonchev–Trinajstić information content (AvgIpc) is 2.93. The van der Waals surface area contributed by atoms with Crippen LogP contribution in [0.25, 0.3) is 0 Å². The fourth-order valence-corrected chi connectivity index (χ4v) is 6.66. The lowest BCUT2D eigenvalue weighted by Crippen LogP contribution is -2.28. The van der Waals surface area contributed by atoms with Gasteiger partial charge in [0.05, 0.1) is 26.7 Å². The van der Waals surface area contributed by atoms with E-state index in [1.54, 1.807) is 97.1 Å². The van der Waals surface area contributed by atoms with Crippen molar-refractivity contribution in [3.63, 3.8) is 0 Å². The van der Waals surface area contributed by atoms with Crippen molar-refractivity contribution >= 4 is 39.5 Å². The second kappa shape index (κ2) is 12.3. The summed E-state index contributed by atoms with van der Waals surface area (Å²) < 4.78 is 57.6. The van der Waals surface area contributed by atoms with Gasteiger partial charge in [0, 0.05) is 11.6 Å². The Bertz CT molecular complexity index is 1940. The highest BCUT2D eigenvalue weighted by molar-refractivity contribution is 7.93. The van der Waals surface area contributed by atoms with Crippen molar-refractivity contribution < 1.29 is 16.8 Å². The Morgan fingerprint density at radius 3 is 1.74 bits per heavy atom. The van der Waals surface area contributed by atoms with Crippen molar-refractivity contribution in [1.82, 2.24) is 0 Å². The second-order valence-electron chi connectivity index (χ2n) is 10.8. The summed E-state index contributed by atoms with van der Waals surface area (Å²) in [6.45, 7) is 9.89. The number of nitrogens with one attached hydrogen (secondary N) is 1. The van der Waals surface area contributed by atoms with Gasteiger partial charge in [0.15, 0.2) is 0 Å². The van der Waals surface area contributed by atoms with E-state index in [2.05, 4.69) is 28.2 Å². The Morgan fingerprint density at radius 1 is 0.643 bits per heavy atom. The molecule has 4 aromatic rings. The lowest BCUT2D eigenvalue weighted by Gasteiger charge is -2.20. The number of rotatable bonds is 6. The van der Waals surface area contributed by atoms with Gasteiger partial charge in [0.25, 0.3) is 20.0 Å². The molecular formula is C33H32N2O4S2Si. The minimum Gasteiger partial charge on any atom is -0.278 e. The molecule has 4 rings (SSSR count). The van der Waals surface area contributed by atoms with E-state index in [1.807, 2.05) is 33.5 Å². The highest BCUT2D eigenvalue weighted by Gasteiger charge is 2.26. The summed E-state index contributed by atoms with van der Waals surface area (Å²) in [5.41, 5.74) is 6.55. The molecule has 0 radical (unpaired) electrons. The zero-order valence-electron chi connectivity index (χ0n) is 24.1. The van der Waals surface area contributed by atoms with Gasteiger partial charge in [-0.1, -0.05) is 91.1 Å². The SMILES string of the molecule is Cc1ccc(S(=O)(=O)Nc2ccccc2C#Cc2ccccc2N(C#C[Si](C)(C)C)S(=O)(=O)c2ccc(C)cc2)cc1. The first kappa shape index (κ1) is 30.7. The number of aryl methyl sites for hydroxylation is 2. The largest absolute Gasteiger partial charge is 0.278 e. The lowest BCUT2D eigenvalue weighted by molar-refractivity contribution is 0.596. The minimum absolute atomic E-state index is 0.122. The van der Waals surface area contributed by atoms with Crippen LogP contribution in [-0.2, 0) is 20.0 Å². The molecule has 9 heteroatoms. The van der Waals surface area contributed by atoms with Crippen molar-refractivity contribution in [3.05, 3.63) is 119 Å². The highest BCUT2D eigenvalue weighted by atomic mass is 32.2. The van der Waals surface area contributed by atoms with Gasteiger partial charge in [0.2, 0.25) is 0 Å². The fraction of sp³-hybridized carbons (Fsp3) is 0.152. The first-order chi connectivity index (χ1) is 19.8. The van der Waals surface area contributed by atoms with Crippen LogP contribution in [0.5, 0.6) is 0 Å². The molecule has 0 atom stereocenters. The molecule has 0 heterocycles. The van der Waals surface area contributed by atoms with Gasteiger partial charge in [-0.15, -0.1) is 5.54 Å². The third-order valence-electron chi connectivity index (χ3n) is 6.05. The highest BCUT2D eigenvalue weighted by Crippen LogP contribution is 2.27. The predicted octanol–water partition coefficient (Wildman–Crippen LogP) is 6.54. The number of nitrogens with zero attached hydrogens (tertiary/aromatic N) is 1. The van der Waals surface area contributed by atoms with Gasteiger partial charge in [-0.3, -0.25) is 4.72 Å². The van der Waals surface area contributed by atoms with E-state index in [4.69, 9.17) is 0 Å². The standard InChI is InChI=1S/C33H32N2O4S2Si/c1-26-14-20-30(21-15-26)40(36,37)34-32-12-8-6-10-28(32)18-19-29-11-7-9-13-33(29)35(24-25-42(3,4)5)41(38,39)31-22-16-27(2)17-23-31/h6-17,20-23,34H,1-5H3. The number of anilines is 2. The van der Waals surface area contributed by atoms with Gasteiger partial charge < -0.3 is 0 Å². The van der Waals surface area contributed by atoms with Crippen LogP contribution >= 0.6 is 0 Å². The molecule has 0 aliphatic rings. The number of sulfonamides is 2. The maximum Gasteiger partial charge on any atom is 0.275 e. The molecule has 6 nitrogen and oxygen atoms in total. The van der Waals surface area contributed by atoms with Crippen LogP contribution in [0.4, 0.5) is 11.4 Å². The zero-order valence-corrected chi connectivity index (χ0v) is 26.8. The summed E-state index contributed by atoms with van der Waals surface area (Å²) in [6.07, 6.45) is 0. The molecule has 0 bridgehead atoms. The van der Waals surface area contributed by atoms with Crippen LogP contribution in [0.2, 0.25) is 19.6 Å². The normalized spacial score (nSPS) is 11.5. The van der Waals surface area contributed by atoms with E-state index in [-0.39, 0.29) is 9.79 Å². The molecule has 0 saturated carbocycles. The van der Waals surface area contributed by atoms with Crippen molar-refractivity contribution in [3.8, 4) is 23.4 Å². The van der Waals surface area contributed by atoms with E-state index >= 15 is 0 Å². The van der Waals surface area contributed by atoms with Crippen LogP contribution in [-0.4, -0.2) is 24.9 Å². The van der Waals surface area contributed by atoms with Crippen LogP contribution in [0, 0.1) is 37.3 Å². The molecule has 0 fully saturated rings. The predicted molar refractivity (Wildman–Crippen MR) is 173 cm³/mol. The first-order valence-electron chi connectivity index (χ1n) is 13.2. The summed E-state index contributed by atoms with van der Waals surface area (Å²) in [4.78, 5) is 0.260. The summed E-state index contributed by atoms with van der Waals surface area (Å²) >= 11 is 0. The van der Waals surface area contributed by atoms with E-state index in [0.29, 0.717) is 22.5 Å². The first-order valence-corrected chi connectivity index (χ1v) is 19.6. The van der Waals surface area contributed by atoms with Gasteiger partial charge in [0.1, 0.15) is 8.07 Å². The maximum absolute atomic E-state index is 13.9. The second-order valence-corrected chi connectivity index (χ2v) is 19.0. The number of hydrogen-bond acceptors (Lipinski definition) is 4. The maximum atomic E-state index is 13.9. The molecule has 214 valence electrons. The topological polar surface area (TPSA) is 83.6 Å². The Kier molecular flexibility index (Phi) is 8.98. The molecule has 0 aliphatic carbocycles. The molecule has 0 amide bonds. The van der Waals surface area contributed by atoms with E-state index in [1.165, 1.54) is 0 Å². The van der Waals surface area contributed by atoms with E-state index < -0.39 is 28.1 Å². The Balaban J connectivity index is 1.78. The smallest absolute Gasteiger partial charge is 0.275 e. The summed E-state index contributed by atoms with van der Waals surface area (Å²) in [5.74, 6) is 6.11. The van der Waals surface area contributed by atoms with Crippen LogP contribution in [0.3, 0.4) is 0 Å². The van der Waals surface area contributed by atoms with Gasteiger partial charge in [-0.25, -0.2) is 16.8 Å². The van der Waals surface area contributed by atoms with Gasteiger partial charge >= 0.3 is 0 Å². The third kappa shape index (κ3) is 7.51. The molecular weight excluding hydrogens is 581 g/mol. The molecule has 0 aromatic heterocycles. The number of hydrogen-bond donors (Lipinski definition) is 1. The zero-order chi connectivity index (χ0) is 30.5. The van der Waals surface area contributed by atoms with Crippen molar-refractivity contribution in [2.24, 2.45) is 0 Å². The number of benzene rings is 4. The minimum atomic E-state index is -4.04. The Hall–Kier alpha value is -4.28. The summed E-state index contributed by atoms with van der Waals surface area (Å²) in [6, 6.07) is 29.8. The van der Waals surface area contributed by atoms with Crippen LogP contribution in [0.15, 0.2) is 107 Å². The Labute approximate surface area is 250 Å². The molecule has 42 heavy (non-hydrogen) atoms. The quantitative estimate of drug-likeness (QED) is 0.152. The van der Waals surface area contributed by atoms with E-state index in [9.17, 15) is 16.8 Å². The monoisotopic (exact) mass is 612 g/mol.